The van der Waals surface area contributed by atoms with Crippen LogP contribution in [0, 0.1) is 18.6 Å². The van der Waals surface area contributed by atoms with Crippen molar-refractivity contribution in [3.63, 3.8) is 0 Å². The number of nitrogens with zero attached hydrogens (tertiary/aromatic N) is 2. The van der Waals surface area contributed by atoms with Crippen molar-refractivity contribution in [2.45, 2.75) is 13.3 Å². The van der Waals surface area contributed by atoms with Crippen LogP contribution in [0.2, 0.25) is 5.02 Å². The summed E-state index contributed by atoms with van der Waals surface area (Å²) in [7, 11) is 1.66. The van der Waals surface area contributed by atoms with Gasteiger partial charge in [0.1, 0.15) is 11.6 Å². The molecule has 1 aromatic heterocycles. The van der Waals surface area contributed by atoms with Crippen molar-refractivity contribution in [3.8, 4) is 0 Å². The summed E-state index contributed by atoms with van der Waals surface area (Å²) >= 11 is 6.02. The molecule has 100 valence electrons. The molecule has 0 saturated carbocycles. The second-order valence-electron chi connectivity index (χ2n) is 4.19. The van der Waals surface area contributed by atoms with Gasteiger partial charge < -0.3 is 0 Å². The number of carbonyl (C=O) groups is 1. The molecule has 0 aliphatic heterocycles. The highest BCUT2D eigenvalue weighted by Gasteiger charge is 2.18. The van der Waals surface area contributed by atoms with Gasteiger partial charge >= 0.3 is 0 Å². The predicted molar refractivity (Wildman–Crippen MR) is 67.3 cm³/mol. The van der Waals surface area contributed by atoms with Crippen LogP contribution in [0.1, 0.15) is 21.7 Å². The molecule has 0 aliphatic carbocycles. The van der Waals surface area contributed by atoms with Crippen LogP contribution < -0.4 is 0 Å². The Morgan fingerprint density at radius 1 is 1.42 bits per heavy atom. The minimum atomic E-state index is -0.875. The van der Waals surface area contributed by atoms with Gasteiger partial charge in [-0.3, -0.25) is 9.48 Å². The Morgan fingerprint density at radius 3 is 2.63 bits per heavy atom. The molecule has 0 atom stereocenters. The molecule has 0 radical (unpaired) electrons. The number of Topliss-reactive ketones (excluding diaryl/α,β-unsaturated/α-hetero) is 1. The van der Waals surface area contributed by atoms with E-state index in [-0.39, 0.29) is 12.0 Å². The largest absolute Gasteiger partial charge is 0.294 e. The Balaban J connectivity index is 2.31. The summed E-state index contributed by atoms with van der Waals surface area (Å²) in [6, 6.07) is 2.86. The second-order valence-corrected chi connectivity index (χ2v) is 4.57. The minimum Gasteiger partial charge on any atom is -0.294 e. The summed E-state index contributed by atoms with van der Waals surface area (Å²) < 4.78 is 27.8. The van der Waals surface area contributed by atoms with Crippen LogP contribution in [0.4, 0.5) is 8.78 Å². The summed E-state index contributed by atoms with van der Waals surface area (Å²) in [6.07, 6.45) is -0.0846. The number of carbonyl (C=O) groups excluding carboxylic acids is 1. The molecule has 1 heterocycles. The van der Waals surface area contributed by atoms with Gasteiger partial charge in [-0.25, -0.2) is 8.78 Å². The topological polar surface area (TPSA) is 34.9 Å². The first-order valence-corrected chi connectivity index (χ1v) is 5.94. The molecule has 2 rings (SSSR count). The number of aryl methyl sites for hydroxylation is 2. The lowest BCUT2D eigenvalue weighted by atomic mass is 10.1. The van der Waals surface area contributed by atoms with E-state index in [1.54, 1.807) is 14.0 Å². The van der Waals surface area contributed by atoms with E-state index in [0.29, 0.717) is 22.5 Å². The minimum absolute atomic E-state index is 0.0846. The molecule has 0 saturated heterocycles. The maximum atomic E-state index is 13.5. The van der Waals surface area contributed by atoms with Crippen LogP contribution in [0.5, 0.6) is 0 Å². The van der Waals surface area contributed by atoms with Gasteiger partial charge in [0, 0.05) is 13.1 Å². The van der Waals surface area contributed by atoms with Crippen LogP contribution in [0.3, 0.4) is 0 Å². The summed E-state index contributed by atoms with van der Waals surface area (Å²) in [4.78, 5) is 12.0. The molecule has 0 unspecified atom stereocenters. The third-order valence-corrected chi connectivity index (χ3v) is 3.31. The van der Waals surface area contributed by atoms with Gasteiger partial charge in [-0.15, -0.1) is 0 Å². The van der Waals surface area contributed by atoms with Crippen molar-refractivity contribution in [2.75, 3.05) is 0 Å². The summed E-state index contributed by atoms with van der Waals surface area (Å²) in [5, 5.41) is 4.46. The van der Waals surface area contributed by atoms with E-state index < -0.39 is 17.4 Å². The first kappa shape index (κ1) is 13.7. The van der Waals surface area contributed by atoms with Crippen molar-refractivity contribution >= 4 is 17.4 Å². The van der Waals surface area contributed by atoms with Crippen molar-refractivity contribution in [1.29, 1.82) is 0 Å². The first-order chi connectivity index (χ1) is 8.90. The van der Waals surface area contributed by atoms with Gasteiger partial charge in [0.25, 0.3) is 0 Å². The van der Waals surface area contributed by atoms with E-state index in [1.165, 1.54) is 4.68 Å². The number of hydrogen-bond donors (Lipinski definition) is 0. The first-order valence-electron chi connectivity index (χ1n) is 5.56. The van der Waals surface area contributed by atoms with Gasteiger partial charge in [0.05, 0.1) is 28.4 Å². The fourth-order valence-corrected chi connectivity index (χ4v) is 2.06. The lowest BCUT2D eigenvalue weighted by Gasteiger charge is -2.04. The second kappa shape index (κ2) is 5.09. The molecule has 0 amide bonds. The van der Waals surface area contributed by atoms with Crippen LogP contribution in [-0.4, -0.2) is 15.6 Å². The molecule has 0 N–H and O–H groups in total. The lowest BCUT2D eigenvalue weighted by molar-refractivity contribution is 0.0987. The lowest BCUT2D eigenvalue weighted by Crippen LogP contribution is -2.10. The van der Waals surface area contributed by atoms with E-state index >= 15 is 0 Å². The molecule has 2 aromatic rings. The zero-order chi connectivity index (χ0) is 14.2. The zero-order valence-electron chi connectivity index (χ0n) is 10.4. The van der Waals surface area contributed by atoms with Gasteiger partial charge in [-0.1, -0.05) is 11.6 Å². The van der Waals surface area contributed by atoms with Crippen molar-refractivity contribution in [2.24, 2.45) is 7.05 Å². The predicted octanol–water partition coefficient (Wildman–Crippen LogP) is 3.09. The maximum absolute atomic E-state index is 13.5. The number of ketones is 1. The highest BCUT2D eigenvalue weighted by molar-refractivity contribution is 6.32. The van der Waals surface area contributed by atoms with E-state index in [4.69, 9.17) is 11.6 Å². The number of aromatic nitrogens is 2. The molecule has 0 bridgehead atoms. The molecule has 1 aromatic carbocycles. The third kappa shape index (κ3) is 2.66. The van der Waals surface area contributed by atoms with Gasteiger partial charge in [-0.2, -0.15) is 5.10 Å². The molecule has 6 heteroatoms. The summed E-state index contributed by atoms with van der Waals surface area (Å²) in [6.45, 7) is 1.72. The number of halogens is 3. The number of benzene rings is 1. The van der Waals surface area contributed by atoms with Gasteiger partial charge in [0.2, 0.25) is 0 Å². The van der Waals surface area contributed by atoms with E-state index in [9.17, 15) is 13.6 Å². The molecule has 19 heavy (non-hydrogen) atoms. The standard InChI is InChI=1S/C13H11ClF2N2O/c1-7-13(14)11(18(2)17-7)6-12(19)9-4-3-8(15)5-10(9)16/h3-5H,6H2,1-2H3. The summed E-state index contributed by atoms with van der Waals surface area (Å²) in [5.74, 6) is -2.06. The Morgan fingerprint density at radius 2 is 2.11 bits per heavy atom. The van der Waals surface area contributed by atoms with Crippen LogP contribution in [-0.2, 0) is 13.5 Å². The smallest absolute Gasteiger partial charge is 0.171 e. The SMILES string of the molecule is Cc1nn(C)c(CC(=O)c2ccc(F)cc2F)c1Cl. The summed E-state index contributed by atoms with van der Waals surface area (Å²) in [5.41, 5.74) is 0.954. The van der Waals surface area contributed by atoms with Gasteiger partial charge in [-0.05, 0) is 19.1 Å². The van der Waals surface area contributed by atoms with Crippen molar-refractivity contribution < 1.29 is 13.6 Å². The monoisotopic (exact) mass is 284 g/mol. The average molecular weight is 285 g/mol. The maximum Gasteiger partial charge on any atom is 0.171 e. The zero-order valence-corrected chi connectivity index (χ0v) is 11.1. The highest BCUT2D eigenvalue weighted by Crippen LogP contribution is 2.21. The van der Waals surface area contributed by atoms with E-state index in [0.717, 1.165) is 12.1 Å². The fraction of sp³-hybridized carbons (Fsp3) is 0.231. The third-order valence-electron chi connectivity index (χ3n) is 2.82. The molecule has 3 nitrogen and oxygen atoms in total. The molecule has 0 spiro atoms. The molecular formula is C13H11ClF2N2O. The van der Waals surface area contributed by atoms with Gasteiger partial charge in [0.15, 0.2) is 5.78 Å². The van der Waals surface area contributed by atoms with Crippen LogP contribution in [0.15, 0.2) is 18.2 Å². The number of rotatable bonds is 3. The number of hydrogen-bond acceptors (Lipinski definition) is 2. The normalized spacial score (nSPS) is 10.8. The average Bonchev–Trinajstić information content (AvgIpc) is 2.56. The van der Waals surface area contributed by atoms with Crippen molar-refractivity contribution in [3.05, 3.63) is 51.8 Å². The van der Waals surface area contributed by atoms with E-state index in [2.05, 4.69) is 5.10 Å². The Hall–Kier alpha value is -1.75. The Kier molecular flexibility index (Phi) is 3.66. The fourth-order valence-electron chi connectivity index (χ4n) is 1.84. The molecular weight excluding hydrogens is 274 g/mol. The Bertz CT molecular complexity index is 652. The van der Waals surface area contributed by atoms with Crippen LogP contribution >= 0.6 is 11.6 Å². The highest BCUT2D eigenvalue weighted by atomic mass is 35.5. The van der Waals surface area contributed by atoms with E-state index in [1.807, 2.05) is 0 Å². The van der Waals surface area contributed by atoms with Crippen molar-refractivity contribution in [1.82, 2.24) is 9.78 Å². The Labute approximate surface area is 113 Å². The quantitative estimate of drug-likeness (QED) is 0.812. The molecule has 0 fully saturated rings. The molecule has 0 aliphatic rings. The van der Waals surface area contributed by atoms with Crippen LogP contribution in [0.25, 0.3) is 0 Å².